The van der Waals surface area contributed by atoms with Gasteiger partial charge in [0.05, 0.1) is 25.9 Å². The Hall–Kier alpha value is -0.0862. The number of ether oxygens (including phenoxy) is 5. The molecule has 0 rings (SSSR count). The summed E-state index contributed by atoms with van der Waals surface area (Å²) < 4.78 is 56.5. The molecule has 0 saturated carbocycles. The normalized spacial score (nSPS) is 12.8. The summed E-state index contributed by atoms with van der Waals surface area (Å²) in [5, 5.41) is 18.6. The van der Waals surface area contributed by atoms with Crippen molar-refractivity contribution < 1.29 is 60.5 Å². The second-order valence-corrected chi connectivity index (χ2v) is 16.1. The lowest BCUT2D eigenvalue weighted by Crippen LogP contribution is -2.42. The average molecular weight is 683 g/mol. The van der Waals surface area contributed by atoms with Gasteiger partial charge in [-0.3, -0.25) is 0 Å². The molecule has 13 nitrogen and oxygen atoms in total. The first kappa shape index (κ1) is 50.8. The van der Waals surface area contributed by atoms with Crippen LogP contribution in [0.1, 0.15) is 53.4 Å². The average Bonchev–Trinajstić information content (AvgIpc) is 3.02. The van der Waals surface area contributed by atoms with Crippen LogP contribution in [0.2, 0.25) is 12.1 Å². The van der Waals surface area contributed by atoms with E-state index in [4.69, 9.17) is 50.2 Å². The number of aliphatic hydroxyl groups excluding tert-OH is 2. The third-order valence-corrected chi connectivity index (χ3v) is 11.4. The van der Waals surface area contributed by atoms with Gasteiger partial charge in [0.2, 0.25) is 0 Å². The van der Waals surface area contributed by atoms with Crippen LogP contribution < -0.4 is 0 Å². The molecule has 2 unspecified atom stereocenters. The number of hydrogen-bond acceptors (Lipinski definition) is 13. The zero-order chi connectivity index (χ0) is 34.7. The van der Waals surface area contributed by atoms with Crippen molar-refractivity contribution >= 4 is 17.6 Å². The Morgan fingerprint density at radius 3 is 1.11 bits per heavy atom. The molecule has 0 saturated heterocycles. The van der Waals surface area contributed by atoms with Crippen molar-refractivity contribution in [2.45, 2.75) is 77.7 Å². The van der Waals surface area contributed by atoms with Crippen LogP contribution in [0.3, 0.4) is 0 Å². The Bertz CT molecular complexity index is 511. The highest BCUT2D eigenvalue weighted by atomic mass is 28.4. The molecular weight excluding hydrogens is 612 g/mol. The molecule has 0 fully saturated rings. The topological polar surface area (TPSA) is 142 Å². The van der Waals surface area contributed by atoms with E-state index in [1.807, 2.05) is 6.92 Å². The summed E-state index contributed by atoms with van der Waals surface area (Å²) in [5.41, 5.74) is 0. The molecule has 0 aromatic rings. The molecule has 0 bridgehead atoms. The smallest absolute Gasteiger partial charge is 0.391 e. The summed E-state index contributed by atoms with van der Waals surface area (Å²) in [7, 11) is 9.60. The van der Waals surface area contributed by atoms with E-state index in [0.29, 0.717) is 38.2 Å². The maximum atomic E-state index is 9.33. The first-order valence-corrected chi connectivity index (χ1v) is 19.1. The fourth-order valence-corrected chi connectivity index (χ4v) is 6.61. The predicted octanol–water partition coefficient (Wildman–Crippen LogP) is 3.65. The van der Waals surface area contributed by atoms with E-state index in [-0.39, 0.29) is 19.3 Å². The molecule has 44 heavy (non-hydrogen) atoms. The molecule has 0 aromatic heterocycles. The Labute approximate surface area is 271 Å². The Morgan fingerprint density at radius 1 is 0.500 bits per heavy atom. The van der Waals surface area contributed by atoms with E-state index >= 15 is 0 Å². The summed E-state index contributed by atoms with van der Waals surface area (Å²) in [4.78, 5) is 0. The third-order valence-electron chi connectivity index (χ3n) is 5.77. The van der Waals surface area contributed by atoms with Crippen LogP contribution in [-0.2, 0) is 50.2 Å². The molecular formula is C29H70O13Si2. The minimum absolute atomic E-state index is 0.273. The van der Waals surface area contributed by atoms with E-state index in [0.717, 1.165) is 38.5 Å². The Kier molecular flexibility index (Phi) is 43.1. The summed E-state index contributed by atoms with van der Waals surface area (Å²) in [5.74, 6) is 0.676. The van der Waals surface area contributed by atoms with Gasteiger partial charge in [-0.1, -0.05) is 27.7 Å². The predicted molar refractivity (Wildman–Crippen MR) is 177 cm³/mol. The van der Waals surface area contributed by atoms with Crippen molar-refractivity contribution in [3.8, 4) is 0 Å². The molecule has 0 aliphatic rings. The standard InChI is InChI=1S/C10H24O6Si.C10H24O5Si.C5H12O.C4H10O/c1-12-8-10(11)9-16-6-5-7-17(13-2,14-3)15-4;1-5-10(11)9-15-7-6-8-16(12-2,13-3)14-4;1-5(2)4-6-3;1-3-4-5-2/h10-11H,5-9H2,1-4H3;10-11H,5-9H2,1-4H3;5H,4H2,1-3H3;3-4H2,1-2H3. The fourth-order valence-electron chi connectivity index (χ4n) is 3.23. The van der Waals surface area contributed by atoms with E-state index in [2.05, 4.69) is 20.8 Å². The van der Waals surface area contributed by atoms with Gasteiger partial charge in [-0.15, -0.1) is 0 Å². The molecule has 0 aromatic carbocycles. The second-order valence-electron chi connectivity index (χ2n) is 9.96. The summed E-state index contributed by atoms with van der Waals surface area (Å²) in [6.07, 6.45) is 2.46. The van der Waals surface area contributed by atoms with Crippen molar-refractivity contribution in [1.82, 2.24) is 0 Å². The molecule has 2 atom stereocenters. The lowest BCUT2D eigenvalue weighted by atomic mass is 10.2. The van der Waals surface area contributed by atoms with Crippen molar-refractivity contribution in [1.29, 1.82) is 0 Å². The maximum Gasteiger partial charge on any atom is 0.500 e. The molecule has 0 aliphatic heterocycles. The van der Waals surface area contributed by atoms with Gasteiger partial charge in [-0.25, -0.2) is 0 Å². The quantitative estimate of drug-likeness (QED) is 0.107. The third kappa shape index (κ3) is 33.3. The van der Waals surface area contributed by atoms with E-state index in [1.165, 1.54) is 0 Å². The van der Waals surface area contributed by atoms with Crippen molar-refractivity contribution in [3.63, 3.8) is 0 Å². The fraction of sp³-hybridized carbons (Fsp3) is 1.00. The van der Waals surface area contributed by atoms with Gasteiger partial charge in [0.15, 0.2) is 0 Å². The Morgan fingerprint density at radius 2 is 0.886 bits per heavy atom. The molecule has 0 radical (unpaired) electrons. The molecule has 2 N–H and O–H groups in total. The summed E-state index contributed by atoms with van der Waals surface area (Å²) in [6, 6.07) is 1.41. The van der Waals surface area contributed by atoms with E-state index in [1.54, 1.807) is 64.0 Å². The van der Waals surface area contributed by atoms with Crippen LogP contribution in [-0.4, -0.2) is 150 Å². The van der Waals surface area contributed by atoms with Gasteiger partial charge in [0, 0.05) is 103 Å². The highest BCUT2D eigenvalue weighted by molar-refractivity contribution is 6.60. The van der Waals surface area contributed by atoms with Crippen LogP contribution in [0.25, 0.3) is 0 Å². The van der Waals surface area contributed by atoms with Crippen LogP contribution in [0, 0.1) is 5.92 Å². The highest BCUT2D eigenvalue weighted by Gasteiger charge is 2.37. The number of hydrogen-bond donors (Lipinski definition) is 2. The lowest BCUT2D eigenvalue weighted by Gasteiger charge is -2.24. The molecule has 272 valence electrons. The van der Waals surface area contributed by atoms with Crippen molar-refractivity contribution in [2.75, 3.05) is 110 Å². The van der Waals surface area contributed by atoms with Crippen LogP contribution in [0.4, 0.5) is 0 Å². The molecule has 0 aliphatic carbocycles. The molecule has 0 amide bonds. The van der Waals surface area contributed by atoms with Crippen LogP contribution in [0.5, 0.6) is 0 Å². The minimum atomic E-state index is -2.48. The van der Waals surface area contributed by atoms with E-state index in [9.17, 15) is 10.2 Å². The molecule has 0 heterocycles. The van der Waals surface area contributed by atoms with Gasteiger partial charge < -0.3 is 60.5 Å². The van der Waals surface area contributed by atoms with Crippen LogP contribution >= 0.6 is 0 Å². The molecule has 0 spiro atoms. The van der Waals surface area contributed by atoms with Crippen molar-refractivity contribution in [2.24, 2.45) is 5.92 Å². The minimum Gasteiger partial charge on any atom is -0.391 e. The first-order chi connectivity index (χ1) is 21.0. The number of rotatable bonds is 25. The number of aliphatic hydroxyl groups is 2. The highest BCUT2D eigenvalue weighted by Crippen LogP contribution is 2.15. The first-order valence-electron chi connectivity index (χ1n) is 15.3. The van der Waals surface area contributed by atoms with Crippen molar-refractivity contribution in [3.05, 3.63) is 0 Å². The molecule has 15 heteroatoms. The van der Waals surface area contributed by atoms with Gasteiger partial charge in [0.1, 0.15) is 6.10 Å². The second kappa shape index (κ2) is 37.4. The number of methoxy groups -OCH3 is 3. The van der Waals surface area contributed by atoms with Gasteiger partial charge in [-0.05, 0) is 31.6 Å². The zero-order valence-corrected chi connectivity index (χ0v) is 32.3. The summed E-state index contributed by atoms with van der Waals surface area (Å²) in [6.45, 7) is 12.1. The van der Waals surface area contributed by atoms with E-state index < -0.39 is 23.7 Å². The summed E-state index contributed by atoms with van der Waals surface area (Å²) >= 11 is 0. The van der Waals surface area contributed by atoms with Crippen LogP contribution in [0.15, 0.2) is 0 Å². The monoisotopic (exact) mass is 682 g/mol. The largest absolute Gasteiger partial charge is 0.500 e. The Balaban J connectivity index is -0.000000272. The lowest BCUT2D eigenvalue weighted by molar-refractivity contribution is -0.00661. The maximum absolute atomic E-state index is 9.33. The van der Waals surface area contributed by atoms with Gasteiger partial charge in [0.25, 0.3) is 0 Å². The SMILES string of the molecule is CCC(O)COCCC[Si](OC)(OC)OC.CCCOC.COCC(C)C.COCC(O)COCCC[Si](OC)(OC)OC. The van der Waals surface area contributed by atoms with Gasteiger partial charge in [-0.2, -0.15) is 0 Å². The van der Waals surface area contributed by atoms with Gasteiger partial charge >= 0.3 is 17.6 Å². The zero-order valence-electron chi connectivity index (χ0n) is 30.3.